The predicted octanol–water partition coefficient (Wildman–Crippen LogP) is 2.61. The molecule has 0 aliphatic heterocycles. The van der Waals surface area contributed by atoms with Crippen molar-refractivity contribution in [2.75, 3.05) is 0 Å². The van der Waals surface area contributed by atoms with Crippen molar-refractivity contribution >= 4 is 11.9 Å². The first-order valence-corrected chi connectivity index (χ1v) is 6.25. The van der Waals surface area contributed by atoms with E-state index < -0.39 is 23.5 Å². The van der Waals surface area contributed by atoms with Crippen molar-refractivity contribution in [3.05, 3.63) is 0 Å². The maximum atomic E-state index is 11.8. The molecular formula is C13H22O4. The number of carbonyl (C=O) groups is 2. The van der Waals surface area contributed by atoms with E-state index in [0.717, 1.165) is 25.7 Å². The van der Waals surface area contributed by atoms with Crippen LogP contribution in [0.2, 0.25) is 0 Å². The summed E-state index contributed by atoms with van der Waals surface area (Å²) in [6.45, 7) is 5.25. The number of rotatable bonds is 4. The monoisotopic (exact) mass is 242 g/mol. The molecule has 1 atom stereocenters. The summed E-state index contributed by atoms with van der Waals surface area (Å²) in [6, 6.07) is 0. The molecule has 0 aromatic rings. The quantitative estimate of drug-likeness (QED) is 0.608. The Morgan fingerprint density at radius 2 is 1.82 bits per heavy atom. The first kappa shape index (κ1) is 14.0. The highest BCUT2D eigenvalue weighted by Crippen LogP contribution is 2.31. The van der Waals surface area contributed by atoms with Crippen LogP contribution in [0, 0.1) is 11.8 Å². The third-order valence-electron chi connectivity index (χ3n) is 3.03. The molecule has 0 aromatic carbocycles. The summed E-state index contributed by atoms with van der Waals surface area (Å²) in [5, 5.41) is 9.10. The normalized spacial score (nSPS) is 19.0. The Labute approximate surface area is 102 Å². The molecule has 1 N–H and O–H groups in total. The number of carboxylic acids is 1. The summed E-state index contributed by atoms with van der Waals surface area (Å²) in [6.07, 6.45) is 4.78. The second-order valence-electron chi connectivity index (χ2n) is 5.81. The molecule has 17 heavy (non-hydrogen) atoms. The van der Waals surface area contributed by atoms with Crippen molar-refractivity contribution in [2.24, 2.45) is 11.8 Å². The Balaban J connectivity index is 2.58. The standard InChI is InChI=1S/C13H22O4/c1-13(2,3)17-12(16)10(11(14)15)8-9-6-4-5-7-9/h9-10H,4-8H2,1-3H3,(H,14,15)/t10-/m1/s1. The molecule has 1 aliphatic rings. The van der Waals surface area contributed by atoms with Gasteiger partial charge >= 0.3 is 11.9 Å². The van der Waals surface area contributed by atoms with Crippen molar-refractivity contribution in [3.63, 3.8) is 0 Å². The first-order chi connectivity index (χ1) is 7.79. The van der Waals surface area contributed by atoms with Crippen LogP contribution in [-0.4, -0.2) is 22.6 Å². The lowest BCUT2D eigenvalue weighted by Crippen LogP contribution is -2.33. The summed E-state index contributed by atoms with van der Waals surface area (Å²) >= 11 is 0. The highest BCUT2D eigenvalue weighted by molar-refractivity contribution is 5.94. The smallest absolute Gasteiger partial charge is 0.320 e. The largest absolute Gasteiger partial charge is 0.481 e. The van der Waals surface area contributed by atoms with E-state index in [4.69, 9.17) is 9.84 Å². The van der Waals surface area contributed by atoms with Crippen molar-refractivity contribution in [3.8, 4) is 0 Å². The zero-order valence-electron chi connectivity index (χ0n) is 10.9. The van der Waals surface area contributed by atoms with Crippen LogP contribution in [0.4, 0.5) is 0 Å². The summed E-state index contributed by atoms with van der Waals surface area (Å²) in [5.74, 6) is -2.30. The second-order valence-corrected chi connectivity index (χ2v) is 5.81. The molecule has 1 saturated carbocycles. The molecular weight excluding hydrogens is 220 g/mol. The first-order valence-electron chi connectivity index (χ1n) is 6.25. The van der Waals surface area contributed by atoms with Gasteiger partial charge in [0, 0.05) is 0 Å². The Morgan fingerprint density at radius 1 is 1.29 bits per heavy atom. The molecule has 0 spiro atoms. The van der Waals surface area contributed by atoms with Gasteiger partial charge in [0.15, 0.2) is 5.92 Å². The maximum Gasteiger partial charge on any atom is 0.320 e. The van der Waals surface area contributed by atoms with E-state index in [1.54, 1.807) is 20.8 Å². The van der Waals surface area contributed by atoms with E-state index in [1.165, 1.54) is 0 Å². The van der Waals surface area contributed by atoms with Crippen LogP contribution in [0.15, 0.2) is 0 Å². The molecule has 0 heterocycles. The Morgan fingerprint density at radius 3 is 2.24 bits per heavy atom. The summed E-state index contributed by atoms with van der Waals surface area (Å²) < 4.78 is 5.15. The highest BCUT2D eigenvalue weighted by atomic mass is 16.6. The van der Waals surface area contributed by atoms with Crippen molar-refractivity contribution in [2.45, 2.75) is 58.5 Å². The van der Waals surface area contributed by atoms with E-state index in [0.29, 0.717) is 12.3 Å². The van der Waals surface area contributed by atoms with Crippen LogP contribution in [0.5, 0.6) is 0 Å². The van der Waals surface area contributed by atoms with E-state index in [9.17, 15) is 9.59 Å². The van der Waals surface area contributed by atoms with Gasteiger partial charge in [0.25, 0.3) is 0 Å². The van der Waals surface area contributed by atoms with Crippen LogP contribution in [0.1, 0.15) is 52.9 Å². The van der Waals surface area contributed by atoms with Gasteiger partial charge in [-0.1, -0.05) is 25.7 Å². The summed E-state index contributed by atoms with van der Waals surface area (Å²) in [5.41, 5.74) is -0.625. The van der Waals surface area contributed by atoms with Gasteiger partial charge in [-0.2, -0.15) is 0 Å². The molecule has 4 heteroatoms. The van der Waals surface area contributed by atoms with Gasteiger partial charge in [-0.25, -0.2) is 0 Å². The van der Waals surface area contributed by atoms with Gasteiger partial charge in [-0.3, -0.25) is 9.59 Å². The SMILES string of the molecule is CC(C)(C)OC(=O)[C@H](CC1CCCC1)C(=O)O. The molecule has 98 valence electrons. The Bertz CT molecular complexity index is 284. The van der Waals surface area contributed by atoms with Gasteiger partial charge in [-0.15, -0.1) is 0 Å². The van der Waals surface area contributed by atoms with Crippen molar-refractivity contribution in [1.29, 1.82) is 0 Å². The lowest BCUT2D eigenvalue weighted by molar-refractivity contribution is -0.167. The Kier molecular flexibility index (Phi) is 4.54. The fraction of sp³-hybridized carbons (Fsp3) is 0.846. The average molecular weight is 242 g/mol. The van der Waals surface area contributed by atoms with Crippen LogP contribution in [0.3, 0.4) is 0 Å². The van der Waals surface area contributed by atoms with Gasteiger partial charge in [0.2, 0.25) is 0 Å². The number of hydrogen-bond acceptors (Lipinski definition) is 3. The van der Waals surface area contributed by atoms with Gasteiger partial charge in [0.05, 0.1) is 0 Å². The molecule has 0 amide bonds. The summed E-state index contributed by atoms with van der Waals surface area (Å²) in [7, 11) is 0. The molecule has 0 saturated heterocycles. The molecule has 1 rings (SSSR count). The maximum absolute atomic E-state index is 11.8. The molecule has 0 unspecified atom stereocenters. The van der Waals surface area contributed by atoms with E-state index in [-0.39, 0.29) is 0 Å². The van der Waals surface area contributed by atoms with Crippen LogP contribution >= 0.6 is 0 Å². The lowest BCUT2D eigenvalue weighted by atomic mass is 9.93. The van der Waals surface area contributed by atoms with E-state index in [2.05, 4.69) is 0 Å². The number of hydrogen-bond donors (Lipinski definition) is 1. The second kappa shape index (κ2) is 5.52. The van der Waals surface area contributed by atoms with E-state index in [1.807, 2.05) is 0 Å². The molecule has 1 aliphatic carbocycles. The summed E-state index contributed by atoms with van der Waals surface area (Å²) in [4.78, 5) is 22.9. The average Bonchev–Trinajstić information content (AvgIpc) is 2.62. The van der Waals surface area contributed by atoms with Gasteiger partial charge < -0.3 is 9.84 Å². The number of ether oxygens (including phenoxy) is 1. The zero-order chi connectivity index (χ0) is 13.1. The molecule has 0 bridgehead atoms. The van der Waals surface area contributed by atoms with Gasteiger partial charge in [0.1, 0.15) is 5.60 Å². The molecule has 1 fully saturated rings. The van der Waals surface area contributed by atoms with Crippen LogP contribution in [0.25, 0.3) is 0 Å². The minimum absolute atomic E-state index is 0.364. The third-order valence-corrected chi connectivity index (χ3v) is 3.03. The number of carboxylic acid groups (broad SMARTS) is 1. The lowest BCUT2D eigenvalue weighted by Gasteiger charge is -2.23. The van der Waals surface area contributed by atoms with Crippen molar-refractivity contribution in [1.82, 2.24) is 0 Å². The van der Waals surface area contributed by atoms with E-state index >= 15 is 0 Å². The van der Waals surface area contributed by atoms with Crippen LogP contribution < -0.4 is 0 Å². The van der Waals surface area contributed by atoms with Gasteiger partial charge in [-0.05, 0) is 33.1 Å². The predicted molar refractivity (Wildman–Crippen MR) is 63.5 cm³/mol. The Hall–Kier alpha value is -1.06. The number of aliphatic carboxylic acids is 1. The molecule has 0 aromatic heterocycles. The third kappa shape index (κ3) is 4.75. The number of esters is 1. The fourth-order valence-corrected chi connectivity index (χ4v) is 2.25. The minimum Gasteiger partial charge on any atom is -0.481 e. The van der Waals surface area contributed by atoms with Crippen molar-refractivity contribution < 1.29 is 19.4 Å². The minimum atomic E-state index is -1.06. The van der Waals surface area contributed by atoms with Crippen LogP contribution in [-0.2, 0) is 14.3 Å². The zero-order valence-corrected chi connectivity index (χ0v) is 10.9. The fourth-order valence-electron chi connectivity index (χ4n) is 2.25. The topological polar surface area (TPSA) is 63.6 Å². The highest BCUT2D eigenvalue weighted by Gasteiger charge is 2.34. The molecule has 0 radical (unpaired) electrons. The number of carbonyl (C=O) groups excluding carboxylic acids is 1. The molecule has 4 nitrogen and oxygen atoms in total.